The fourth-order valence-corrected chi connectivity index (χ4v) is 3.71. The van der Waals surface area contributed by atoms with Crippen LogP contribution in [0.15, 0.2) is 42.5 Å². The number of hydrogen-bond donors (Lipinski definition) is 2. The van der Waals surface area contributed by atoms with Crippen LogP contribution in [0, 0.1) is 14.4 Å². The van der Waals surface area contributed by atoms with Gasteiger partial charge in [-0.3, -0.25) is 9.59 Å². The quantitative estimate of drug-likeness (QED) is 0.114. The molecule has 0 saturated carbocycles. The molecule has 0 aromatic heterocycles. The van der Waals surface area contributed by atoms with Gasteiger partial charge in [0.25, 0.3) is 0 Å². The summed E-state index contributed by atoms with van der Waals surface area (Å²) < 4.78 is 90.2. The Morgan fingerprint density at radius 3 is 1.58 bits per heavy atom. The van der Waals surface area contributed by atoms with Crippen LogP contribution in [0.25, 0.3) is 0 Å². The number of carboxylic acids is 1. The zero-order valence-electron chi connectivity index (χ0n) is 26.0. The third kappa shape index (κ3) is 9.56. The van der Waals surface area contributed by atoms with Crippen LogP contribution in [-0.2, 0) is 25.5 Å². The van der Waals surface area contributed by atoms with E-state index in [0.717, 1.165) is 24.3 Å². The number of aliphatic hydroxyl groups is 1. The molecule has 2 aromatic carbocycles. The van der Waals surface area contributed by atoms with Crippen LogP contribution in [0.2, 0.25) is 0 Å². The molecule has 2 atom stereocenters. The van der Waals surface area contributed by atoms with Crippen LogP contribution in [0.4, 0.5) is 26.3 Å². The van der Waals surface area contributed by atoms with Crippen molar-refractivity contribution in [2.75, 3.05) is 0 Å². The molecule has 14 heteroatoms. The molecule has 0 aliphatic heterocycles. The highest BCUT2D eigenvalue weighted by Gasteiger charge is 2.57. The Hall–Kier alpha value is -2.88. The zero-order chi connectivity index (χ0) is 35.4. The molecule has 0 saturated heterocycles. The van der Waals surface area contributed by atoms with E-state index in [4.69, 9.17) is 14.6 Å². The number of hydrogen-bond acceptors (Lipinski definition) is 6. The lowest BCUT2D eigenvalue weighted by Gasteiger charge is -2.35. The molecule has 2 unspecified atom stereocenters. The Bertz CT molecular complexity index is 1370. The molecule has 2 rings (SSSR count). The Morgan fingerprint density at radius 2 is 1.18 bits per heavy atom. The van der Waals surface area contributed by atoms with Gasteiger partial charge < -0.3 is 19.7 Å². The zero-order valence-corrected chi connectivity index (χ0v) is 28.2. The summed E-state index contributed by atoms with van der Waals surface area (Å²) in [5.41, 5.74) is -9.10. The number of halogens is 7. The van der Waals surface area contributed by atoms with Gasteiger partial charge in [-0.2, -0.15) is 26.3 Å². The highest BCUT2D eigenvalue weighted by atomic mass is 127. The van der Waals surface area contributed by atoms with Crippen LogP contribution in [-0.4, -0.2) is 40.5 Å². The minimum Gasteiger partial charge on any atom is -0.478 e. The number of rotatable bonds is 9. The van der Waals surface area contributed by atoms with Crippen LogP contribution in [0.3, 0.4) is 0 Å². The van der Waals surface area contributed by atoms with Gasteiger partial charge in [-0.1, -0.05) is 38.1 Å². The molecule has 0 amide bonds. The van der Waals surface area contributed by atoms with Crippen molar-refractivity contribution in [1.82, 2.24) is 0 Å². The summed E-state index contributed by atoms with van der Waals surface area (Å²) in [6.45, 7) is 11.1. The van der Waals surface area contributed by atoms with Crippen molar-refractivity contribution in [3.8, 4) is 5.75 Å². The summed E-state index contributed by atoms with van der Waals surface area (Å²) in [7, 11) is 0. The van der Waals surface area contributed by atoms with Gasteiger partial charge >= 0.3 is 30.3 Å². The van der Waals surface area contributed by atoms with Crippen molar-refractivity contribution < 1.29 is 60.4 Å². The molecule has 0 aliphatic carbocycles. The molecule has 0 spiro atoms. The van der Waals surface area contributed by atoms with Gasteiger partial charge in [0.15, 0.2) is 5.60 Å². The van der Waals surface area contributed by atoms with E-state index in [9.17, 15) is 45.8 Å². The van der Waals surface area contributed by atoms with E-state index in [0.29, 0.717) is 23.8 Å². The molecule has 7 nitrogen and oxygen atoms in total. The van der Waals surface area contributed by atoms with E-state index in [-0.39, 0.29) is 23.7 Å². The second-order valence-corrected chi connectivity index (χ2v) is 13.0. The summed E-state index contributed by atoms with van der Waals surface area (Å²) in [6.07, 6.45) is -9.14. The maximum Gasteiger partial charge on any atom is 0.432 e. The average molecular weight is 763 g/mol. The predicted molar refractivity (Wildman–Crippen MR) is 161 cm³/mol. The highest BCUT2D eigenvalue weighted by molar-refractivity contribution is 14.1. The van der Waals surface area contributed by atoms with Crippen LogP contribution >= 0.6 is 22.6 Å². The van der Waals surface area contributed by atoms with E-state index in [1.165, 1.54) is 19.9 Å². The standard InChI is InChI=1S/C18H22F6O3.C13H15IO4/c1-6-14(2,3)13(25)27-16(5,18(22,23)24)12-9-7-11(8-10-12)15(4,26)17(19,20)21;1-4-13(2,3)12(17)18-8-5-6-10(14)9(7-8)11(15)16/h7-10,26H,6H2,1-5H3;5-7H,4H2,1-3H3,(H,15,16). The number of benzene rings is 2. The summed E-state index contributed by atoms with van der Waals surface area (Å²) in [5, 5.41) is 18.6. The third-order valence-electron chi connectivity index (χ3n) is 7.64. The lowest BCUT2D eigenvalue weighted by atomic mass is 9.87. The molecular weight excluding hydrogens is 725 g/mol. The van der Waals surface area contributed by atoms with Gasteiger partial charge in [0.05, 0.1) is 16.4 Å². The molecule has 2 aromatic rings. The molecule has 0 bridgehead atoms. The van der Waals surface area contributed by atoms with Crippen molar-refractivity contribution in [1.29, 1.82) is 0 Å². The molecule has 0 aliphatic rings. The predicted octanol–water partition coefficient (Wildman–Crippen LogP) is 8.54. The lowest BCUT2D eigenvalue weighted by molar-refractivity contribution is -0.273. The Morgan fingerprint density at radius 1 is 0.733 bits per heavy atom. The number of alkyl halides is 6. The fraction of sp³-hybridized carbons (Fsp3) is 0.516. The smallest absolute Gasteiger partial charge is 0.432 e. The SMILES string of the molecule is CCC(C)(C)C(=O)OC(C)(c1ccc(C(C)(O)C(F)(F)F)cc1)C(F)(F)F.CCC(C)(C)C(=O)Oc1ccc(I)c(C(=O)O)c1. The van der Waals surface area contributed by atoms with Gasteiger partial charge in [-0.25, -0.2) is 4.79 Å². The molecule has 2 N–H and O–H groups in total. The van der Waals surface area contributed by atoms with Crippen molar-refractivity contribution in [2.24, 2.45) is 10.8 Å². The number of ether oxygens (including phenoxy) is 2. The topological polar surface area (TPSA) is 110 Å². The minimum absolute atomic E-state index is 0.134. The molecule has 0 fully saturated rings. The van der Waals surface area contributed by atoms with Crippen LogP contribution < -0.4 is 4.74 Å². The van der Waals surface area contributed by atoms with E-state index in [1.807, 2.05) is 29.5 Å². The van der Waals surface area contributed by atoms with E-state index in [2.05, 4.69) is 0 Å². The van der Waals surface area contributed by atoms with Gasteiger partial charge in [-0.15, -0.1) is 0 Å². The summed E-state index contributed by atoms with van der Waals surface area (Å²) in [5.74, 6) is -2.22. The first-order valence-corrected chi connectivity index (χ1v) is 14.7. The Labute approximate surface area is 271 Å². The molecule has 45 heavy (non-hydrogen) atoms. The van der Waals surface area contributed by atoms with Gasteiger partial charge in [0.1, 0.15) is 5.75 Å². The summed E-state index contributed by atoms with van der Waals surface area (Å²) in [6, 6.07) is 7.55. The Balaban J connectivity index is 0.000000487. The Kier molecular flexibility index (Phi) is 12.7. The lowest BCUT2D eigenvalue weighted by Crippen LogP contribution is -2.46. The maximum absolute atomic E-state index is 13.7. The van der Waals surface area contributed by atoms with Gasteiger partial charge in [0.2, 0.25) is 5.60 Å². The second-order valence-electron chi connectivity index (χ2n) is 11.9. The van der Waals surface area contributed by atoms with Crippen LogP contribution in [0.1, 0.15) is 89.7 Å². The van der Waals surface area contributed by atoms with Crippen molar-refractivity contribution in [2.45, 2.75) is 91.8 Å². The van der Waals surface area contributed by atoms with Crippen molar-refractivity contribution in [3.05, 3.63) is 62.7 Å². The molecule has 0 radical (unpaired) electrons. The number of carboxylic acid groups (broad SMARTS) is 1. The first-order chi connectivity index (χ1) is 20.2. The van der Waals surface area contributed by atoms with Crippen LogP contribution in [0.5, 0.6) is 5.75 Å². The van der Waals surface area contributed by atoms with E-state index >= 15 is 0 Å². The van der Waals surface area contributed by atoms with E-state index in [1.54, 1.807) is 32.9 Å². The molecule has 0 heterocycles. The number of aromatic carboxylic acids is 1. The van der Waals surface area contributed by atoms with Crippen molar-refractivity contribution in [3.63, 3.8) is 0 Å². The maximum atomic E-state index is 13.7. The largest absolute Gasteiger partial charge is 0.478 e. The first-order valence-electron chi connectivity index (χ1n) is 13.6. The van der Waals surface area contributed by atoms with Gasteiger partial charge in [0, 0.05) is 9.13 Å². The first kappa shape index (κ1) is 40.1. The monoisotopic (exact) mass is 762 g/mol. The molecule has 252 valence electrons. The normalized spacial score (nSPS) is 15.1. The second kappa shape index (κ2) is 14.3. The van der Waals surface area contributed by atoms with E-state index < -0.39 is 57.5 Å². The van der Waals surface area contributed by atoms with Crippen molar-refractivity contribution >= 4 is 40.5 Å². The minimum atomic E-state index is -5.01. The summed E-state index contributed by atoms with van der Waals surface area (Å²) >= 11 is 1.93. The molecular formula is C31H37F6IO7. The average Bonchev–Trinajstić information content (AvgIpc) is 2.92. The summed E-state index contributed by atoms with van der Waals surface area (Å²) in [4.78, 5) is 35.0. The number of esters is 2. The fourth-order valence-electron chi connectivity index (χ4n) is 3.15. The number of carbonyl (C=O) groups excluding carboxylic acids is 2. The number of carbonyl (C=O) groups is 3. The highest BCUT2D eigenvalue weighted by Crippen LogP contribution is 2.45. The van der Waals surface area contributed by atoms with Gasteiger partial charge in [-0.05, 0) is 101 Å². The third-order valence-corrected chi connectivity index (χ3v) is 8.58.